The van der Waals surface area contributed by atoms with Gasteiger partial charge >= 0.3 is 0 Å². The summed E-state index contributed by atoms with van der Waals surface area (Å²) >= 11 is 1.36. The number of hydrogen-bond acceptors (Lipinski definition) is 5. The molecule has 0 fully saturated rings. The Balaban J connectivity index is 2.44. The third-order valence-electron chi connectivity index (χ3n) is 2.19. The van der Waals surface area contributed by atoms with Gasteiger partial charge in [-0.2, -0.15) is 5.10 Å². The average molecular weight is 237 g/mol. The summed E-state index contributed by atoms with van der Waals surface area (Å²) in [5.74, 6) is 0.376. The number of hydrogen-bond donors (Lipinski definition) is 0. The lowest BCUT2D eigenvalue weighted by Crippen LogP contribution is -2.08. The van der Waals surface area contributed by atoms with Gasteiger partial charge in [-0.3, -0.25) is 9.48 Å². The Kier molecular flexibility index (Phi) is 2.74. The number of methoxy groups -OCH3 is 1. The SMILES string of the molecule is COc1cnn(C)c1C(=O)c1cnc(C)s1. The molecule has 0 atom stereocenters. The fraction of sp³-hybridized carbons (Fsp3) is 0.300. The second-order valence-corrected chi connectivity index (χ2v) is 4.49. The van der Waals surface area contributed by atoms with Crippen molar-refractivity contribution >= 4 is 17.1 Å². The predicted octanol–water partition coefficient (Wildman–Crippen LogP) is 1.42. The number of nitrogens with zero attached hydrogens (tertiary/aromatic N) is 3. The summed E-state index contributed by atoms with van der Waals surface area (Å²) < 4.78 is 6.61. The van der Waals surface area contributed by atoms with Crippen molar-refractivity contribution in [3.8, 4) is 5.75 Å². The monoisotopic (exact) mass is 237 g/mol. The molecule has 2 heterocycles. The van der Waals surface area contributed by atoms with Crippen LogP contribution in [0.3, 0.4) is 0 Å². The number of ether oxygens (including phenoxy) is 1. The van der Waals surface area contributed by atoms with E-state index in [1.54, 1.807) is 13.2 Å². The number of thiazole rings is 1. The predicted molar refractivity (Wildman–Crippen MR) is 60.0 cm³/mol. The van der Waals surface area contributed by atoms with E-state index in [-0.39, 0.29) is 5.78 Å². The zero-order chi connectivity index (χ0) is 11.7. The Hall–Kier alpha value is -1.69. The quantitative estimate of drug-likeness (QED) is 0.758. The second kappa shape index (κ2) is 4.05. The van der Waals surface area contributed by atoms with Gasteiger partial charge < -0.3 is 4.74 Å². The molecule has 0 saturated carbocycles. The van der Waals surface area contributed by atoms with Gasteiger partial charge in [0.1, 0.15) is 0 Å². The molecule has 0 spiro atoms. The summed E-state index contributed by atoms with van der Waals surface area (Å²) in [7, 11) is 3.23. The molecular weight excluding hydrogens is 226 g/mol. The van der Waals surface area contributed by atoms with Crippen molar-refractivity contribution in [1.29, 1.82) is 0 Å². The van der Waals surface area contributed by atoms with Crippen molar-refractivity contribution in [3.63, 3.8) is 0 Å². The molecule has 0 bridgehead atoms. The molecular formula is C10H11N3O2S. The van der Waals surface area contributed by atoms with Crippen LogP contribution < -0.4 is 4.74 Å². The summed E-state index contributed by atoms with van der Waals surface area (Å²) in [5.41, 5.74) is 0.450. The van der Waals surface area contributed by atoms with E-state index in [4.69, 9.17) is 4.74 Å². The van der Waals surface area contributed by atoms with Crippen LogP contribution >= 0.6 is 11.3 Å². The van der Waals surface area contributed by atoms with E-state index in [0.29, 0.717) is 16.3 Å². The van der Waals surface area contributed by atoms with Gasteiger partial charge in [0.15, 0.2) is 11.4 Å². The Bertz CT molecular complexity index is 530. The largest absolute Gasteiger partial charge is 0.493 e. The summed E-state index contributed by atoms with van der Waals surface area (Å²) in [6.45, 7) is 1.86. The molecule has 0 aromatic carbocycles. The standard InChI is InChI=1S/C10H11N3O2S/c1-6-11-5-8(16-6)10(14)9-7(15-3)4-12-13(9)2/h4-5H,1-3H3. The van der Waals surface area contributed by atoms with Crippen molar-refractivity contribution < 1.29 is 9.53 Å². The van der Waals surface area contributed by atoms with Crippen LogP contribution in [0.4, 0.5) is 0 Å². The first-order valence-corrected chi connectivity index (χ1v) is 5.48. The maximum absolute atomic E-state index is 12.2. The number of rotatable bonds is 3. The average Bonchev–Trinajstić information content (AvgIpc) is 2.83. The molecule has 0 aliphatic carbocycles. The number of carbonyl (C=O) groups is 1. The number of aryl methyl sites for hydroxylation is 2. The summed E-state index contributed by atoms with van der Waals surface area (Å²) in [6.07, 6.45) is 3.11. The molecule has 84 valence electrons. The van der Waals surface area contributed by atoms with Crippen molar-refractivity contribution in [1.82, 2.24) is 14.8 Å². The highest BCUT2D eigenvalue weighted by Gasteiger charge is 2.20. The van der Waals surface area contributed by atoms with Crippen molar-refractivity contribution in [2.75, 3.05) is 7.11 Å². The van der Waals surface area contributed by atoms with Gasteiger partial charge in [-0.1, -0.05) is 0 Å². The Morgan fingerprint density at radius 2 is 2.25 bits per heavy atom. The molecule has 2 rings (SSSR count). The third kappa shape index (κ3) is 1.71. The molecule has 0 saturated heterocycles. The number of carbonyl (C=O) groups excluding carboxylic acids is 1. The second-order valence-electron chi connectivity index (χ2n) is 3.26. The van der Waals surface area contributed by atoms with Gasteiger partial charge in [0.05, 0.1) is 23.2 Å². The van der Waals surface area contributed by atoms with Crippen molar-refractivity contribution in [2.24, 2.45) is 7.05 Å². The van der Waals surface area contributed by atoms with E-state index in [1.165, 1.54) is 29.3 Å². The summed E-state index contributed by atoms with van der Waals surface area (Å²) in [4.78, 5) is 16.8. The number of ketones is 1. The van der Waals surface area contributed by atoms with Crippen LogP contribution in [-0.2, 0) is 7.05 Å². The van der Waals surface area contributed by atoms with Crippen LogP contribution in [0.15, 0.2) is 12.4 Å². The fourth-order valence-electron chi connectivity index (χ4n) is 1.41. The van der Waals surface area contributed by atoms with Gasteiger partial charge in [0.2, 0.25) is 5.78 Å². The van der Waals surface area contributed by atoms with Gasteiger partial charge in [-0.05, 0) is 6.92 Å². The summed E-state index contributed by atoms with van der Waals surface area (Å²) in [6, 6.07) is 0. The van der Waals surface area contributed by atoms with Crippen molar-refractivity contribution in [3.05, 3.63) is 28.0 Å². The first-order valence-electron chi connectivity index (χ1n) is 4.66. The number of aromatic nitrogens is 3. The highest BCUT2D eigenvalue weighted by Crippen LogP contribution is 2.23. The molecule has 0 amide bonds. The molecule has 0 N–H and O–H groups in total. The molecule has 2 aromatic heterocycles. The van der Waals surface area contributed by atoms with Gasteiger partial charge in [-0.25, -0.2) is 4.98 Å². The maximum atomic E-state index is 12.2. The van der Waals surface area contributed by atoms with Crippen LogP contribution in [0.2, 0.25) is 0 Å². The fourth-order valence-corrected chi connectivity index (χ4v) is 2.13. The van der Waals surface area contributed by atoms with Gasteiger partial charge in [0.25, 0.3) is 0 Å². The van der Waals surface area contributed by atoms with Crippen LogP contribution in [0.25, 0.3) is 0 Å². The van der Waals surface area contributed by atoms with Crippen LogP contribution in [0.1, 0.15) is 20.4 Å². The Morgan fingerprint density at radius 3 is 2.81 bits per heavy atom. The highest BCUT2D eigenvalue weighted by atomic mass is 32.1. The minimum atomic E-state index is -0.109. The van der Waals surface area contributed by atoms with Crippen LogP contribution in [-0.4, -0.2) is 27.7 Å². The summed E-state index contributed by atoms with van der Waals surface area (Å²) in [5, 5.41) is 4.86. The Labute approximate surface area is 96.7 Å². The molecule has 0 unspecified atom stereocenters. The molecule has 5 nitrogen and oxygen atoms in total. The van der Waals surface area contributed by atoms with Crippen molar-refractivity contribution in [2.45, 2.75) is 6.92 Å². The zero-order valence-corrected chi connectivity index (χ0v) is 10.0. The molecule has 0 radical (unpaired) electrons. The highest BCUT2D eigenvalue weighted by molar-refractivity contribution is 7.13. The smallest absolute Gasteiger partial charge is 0.226 e. The van der Waals surface area contributed by atoms with E-state index >= 15 is 0 Å². The lowest BCUT2D eigenvalue weighted by atomic mass is 10.2. The Morgan fingerprint density at radius 1 is 1.50 bits per heavy atom. The van der Waals surface area contributed by atoms with Gasteiger partial charge in [0, 0.05) is 13.2 Å². The molecule has 16 heavy (non-hydrogen) atoms. The van der Waals surface area contributed by atoms with E-state index < -0.39 is 0 Å². The van der Waals surface area contributed by atoms with E-state index in [0.717, 1.165) is 5.01 Å². The van der Waals surface area contributed by atoms with Crippen LogP contribution in [0, 0.1) is 6.92 Å². The minimum absolute atomic E-state index is 0.109. The van der Waals surface area contributed by atoms with Crippen LogP contribution in [0.5, 0.6) is 5.75 Å². The normalized spacial score (nSPS) is 10.4. The third-order valence-corrected chi connectivity index (χ3v) is 3.10. The molecule has 2 aromatic rings. The first-order chi connectivity index (χ1) is 7.63. The minimum Gasteiger partial charge on any atom is -0.493 e. The molecule has 6 heteroatoms. The lowest BCUT2D eigenvalue weighted by Gasteiger charge is -2.01. The lowest BCUT2D eigenvalue weighted by molar-refractivity contribution is 0.103. The van der Waals surface area contributed by atoms with E-state index in [2.05, 4.69) is 10.1 Å². The van der Waals surface area contributed by atoms with E-state index in [1.807, 2.05) is 6.92 Å². The zero-order valence-electron chi connectivity index (χ0n) is 9.22. The molecule has 0 aliphatic heterocycles. The topological polar surface area (TPSA) is 57.0 Å². The first kappa shape index (κ1) is 10.8. The maximum Gasteiger partial charge on any atom is 0.226 e. The van der Waals surface area contributed by atoms with Gasteiger partial charge in [-0.15, -0.1) is 11.3 Å². The van der Waals surface area contributed by atoms with E-state index in [9.17, 15) is 4.79 Å². The molecule has 0 aliphatic rings.